The van der Waals surface area contributed by atoms with E-state index in [0.717, 1.165) is 31.6 Å². The van der Waals surface area contributed by atoms with Crippen LogP contribution in [0.1, 0.15) is 25.7 Å². The average Bonchev–Trinajstić information content (AvgIpc) is 3.01. The van der Waals surface area contributed by atoms with Crippen LogP contribution in [-0.4, -0.2) is 53.3 Å². The number of nitrogens with one attached hydrogen (secondary N) is 1. The molecular formula is C14H24N4O. The van der Waals surface area contributed by atoms with Crippen LogP contribution in [-0.2, 0) is 11.3 Å². The van der Waals surface area contributed by atoms with E-state index >= 15 is 0 Å². The van der Waals surface area contributed by atoms with Crippen LogP contribution in [0.25, 0.3) is 0 Å². The predicted octanol–water partition coefficient (Wildman–Crippen LogP) is 1.57. The Labute approximate surface area is 114 Å². The fraction of sp³-hybridized carbons (Fsp3) is 0.786. The first kappa shape index (κ1) is 12.9. The molecule has 1 aromatic rings. The summed E-state index contributed by atoms with van der Waals surface area (Å²) in [6.07, 6.45) is 8.99. The van der Waals surface area contributed by atoms with Crippen LogP contribution in [0, 0.1) is 0 Å². The molecule has 19 heavy (non-hydrogen) atoms. The summed E-state index contributed by atoms with van der Waals surface area (Å²) in [5.41, 5.74) is 0. The smallest absolute Gasteiger partial charge is 0.203 e. The molecule has 1 saturated carbocycles. The lowest BCUT2D eigenvalue weighted by atomic mass is 10.3. The molecule has 2 heterocycles. The molecule has 0 bridgehead atoms. The van der Waals surface area contributed by atoms with Gasteiger partial charge in [0, 0.05) is 57.8 Å². The molecule has 0 radical (unpaired) electrons. The molecule has 1 atom stereocenters. The molecule has 0 amide bonds. The average molecular weight is 264 g/mol. The Balaban J connectivity index is 1.50. The summed E-state index contributed by atoms with van der Waals surface area (Å²) in [5, 5.41) is 3.60. The van der Waals surface area contributed by atoms with Gasteiger partial charge in [-0.3, -0.25) is 4.90 Å². The standard InChI is InChI=1S/C14H24N4O/c1-19-10-2-7-17-9-6-15-14(17)16-12-5-8-18(11-12)13-3-4-13/h6,9,12-13H,2-5,7-8,10-11H2,1H3,(H,15,16). The van der Waals surface area contributed by atoms with E-state index < -0.39 is 0 Å². The van der Waals surface area contributed by atoms with Gasteiger partial charge in [0.15, 0.2) is 0 Å². The van der Waals surface area contributed by atoms with Crippen molar-refractivity contribution >= 4 is 5.95 Å². The summed E-state index contributed by atoms with van der Waals surface area (Å²) in [6.45, 7) is 4.19. The number of methoxy groups -OCH3 is 1. The maximum Gasteiger partial charge on any atom is 0.203 e. The number of aryl methyl sites for hydroxylation is 1. The number of imidazole rings is 1. The molecule has 0 spiro atoms. The lowest BCUT2D eigenvalue weighted by molar-refractivity contribution is 0.190. The number of hydrogen-bond acceptors (Lipinski definition) is 4. The van der Waals surface area contributed by atoms with Gasteiger partial charge < -0.3 is 14.6 Å². The molecule has 3 rings (SSSR count). The zero-order chi connectivity index (χ0) is 13.1. The third kappa shape index (κ3) is 3.28. The maximum absolute atomic E-state index is 5.10. The van der Waals surface area contributed by atoms with Crippen LogP contribution in [0.3, 0.4) is 0 Å². The number of aromatic nitrogens is 2. The number of ether oxygens (including phenoxy) is 1. The quantitative estimate of drug-likeness (QED) is 0.759. The van der Waals surface area contributed by atoms with Crippen LogP contribution >= 0.6 is 0 Å². The second-order valence-corrected chi connectivity index (χ2v) is 5.65. The van der Waals surface area contributed by atoms with Crippen molar-refractivity contribution in [3.8, 4) is 0 Å². The number of rotatable bonds is 7. The van der Waals surface area contributed by atoms with Gasteiger partial charge in [-0.05, 0) is 25.7 Å². The molecule has 1 aromatic heterocycles. The van der Waals surface area contributed by atoms with E-state index in [9.17, 15) is 0 Å². The number of likely N-dealkylation sites (tertiary alicyclic amines) is 1. The van der Waals surface area contributed by atoms with Gasteiger partial charge >= 0.3 is 0 Å². The zero-order valence-electron chi connectivity index (χ0n) is 11.7. The topological polar surface area (TPSA) is 42.3 Å². The SMILES string of the molecule is COCCCn1ccnc1NC1CCN(C2CC2)C1. The second-order valence-electron chi connectivity index (χ2n) is 5.65. The summed E-state index contributed by atoms with van der Waals surface area (Å²) in [7, 11) is 1.75. The Morgan fingerprint density at radius 3 is 3.11 bits per heavy atom. The van der Waals surface area contributed by atoms with E-state index in [-0.39, 0.29) is 0 Å². The van der Waals surface area contributed by atoms with Crippen molar-refractivity contribution < 1.29 is 4.74 Å². The van der Waals surface area contributed by atoms with Gasteiger partial charge in [-0.25, -0.2) is 4.98 Å². The van der Waals surface area contributed by atoms with Crippen LogP contribution in [0.4, 0.5) is 5.95 Å². The van der Waals surface area contributed by atoms with Crippen molar-refractivity contribution in [1.82, 2.24) is 14.5 Å². The minimum Gasteiger partial charge on any atom is -0.385 e. The van der Waals surface area contributed by atoms with Crippen molar-refractivity contribution in [3.63, 3.8) is 0 Å². The minimum atomic E-state index is 0.559. The van der Waals surface area contributed by atoms with Gasteiger partial charge in [0.25, 0.3) is 0 Å². The highest BCUT2D eigenvalue weighted by molar-refractivity contribution is 5.28. The summed E-state index contributed by atoms with van der Waals surface area (Å²) in [4.78, 5) is 7.06. The molecule has 5 heteroatoms. The molecule has 2 fully saturated rings. The van der Waals surface area contributed by atoms with Gasteiger partial charge in [0.05, 0.1) is 0 Å². The number of hydrogen-bond donors (Lipinski definition) is 1. The van der Waals surface area contributed by atoms with Crippen molar-refractivity contribution in [2.75, 3.05) is 32.1 Å². The van der Waals surface area contributed by atoms with E-state index in [0.29, 0.717) is 6.04 Å². The molecule has 1 unspecified atom stereocenters. The summed E-state index contributed by atoms with van der Waals surface area (Å²) in [6, 6.07) is 1.44. The predicted molar refractivity (Wildman–Crippen MR) is 75.3 cm³/mol. The Morgan fingerprint density at radius 2 is 2.32 bits per heavy atom. The molecule has 106 valence electrons. The highest BCUT2D eigenvalue weighted by atomic mass is 16.5. The highest BCUT2D eigenvalue weighted by Crippen LogP contribution is 2.30. The maximum atomic E-state index is 5.10. The van der Waals surface area contributed by atoms with E-state index in [1.165, 1.54) is 32.4 Å². The Hall–Kier alpha value is -1.07. The second kappa shape index (κ2) is 5.92. The van der Waals surface area contributed by atoms with E-state index in [1.54, 1.807) is 7.11 Å². The van der Waals surface area contributed by atoms with Crippen molar-refractivity contribution in [1.29, 1.82) is 0 Å². The summed E-state index contributed by atoms with van der Waals surface area (Å²) >= 11 is 0. The van der Waals surface area contributed by atoms with Crippen molar-refractivity contribution in [3.05, 3.63) is 12.4 Å². The monoisotopic (exact) mass is 264 g/mol. The molecule has 1 saturated heterocycles. The number of nitrogens with zero attached hydrogens (tertiary/aromatic N) is 3. The first-order valence-electron chi connectivity index (χ1n) is 7.37. The third-order valence-corrected chi connectivity index (χ3v) is 4.08. The van der Waals surface area contributed by atoms with Crippen LogP contribution < -0.4 is 5.32 Å². The lowest BCUT2D eigenvalue weighted by Gasteiger charge is -2.17. The van der Waals surface area contributed by atoms with Gasteiger partial charge in [-0.1, -0.05) is 0 Å². The van der Waals surface area contributed by atoms with E-state index in [2.05, 4.69) is 19.8 Å². The molecule has 0 aromatic carbocycles. The molecule has 2 aliphatic rings. The zero-order valence-corrected chi connectivity index (χ0v) is 11.7. The largest absolute Gasteiger partial charge is 0.385 e. The van der Waals surface area contributed by atoms with Gasteiger partial charge in [0.2, 0.25) is 5.95 Å². The molecule has 1 aliphatic carbocycles. The molecule has 5 nitrogen and oxygen atoms in total. The van der Waals surface area contributed by atoms with Crippen LogP contribution in [0.5, 0.6) is 0 Å². The first-order valence-corrected chi connectivity index (χ1v) is 7.37. The number of anilines is 1. The molecule has 1 aliphatic heterocycles. The van der Waals surface area contributed by atoms with Gasteiger partial charge in [-0.15, -0.1) is 0 Å². The Kier molecular flexibility index (Phi) is 4.03. The fourth-order valence-electron chi connectivity index (χ4n) is 2.87. The highest BCUT2D eigenvalue weighted by Gasteiger charge is 2.34. The molecular weight excluding hydrogens is 240 g/mol. The normalized spacial score (nSPS) is 23.9. The van der Waals surface area contributed by atoms with Crippen LogP contribution in [0.2, 0.25) is 0 Å². The van der Waals surface area contributed by atoms with Gasteiger partial charge in [-0.2, -0.15) is 0 Å². The summed E-state index contributed by atoms with van der Waals surface area (Å²) < 4.78 is 7.29. The van der Waals surface area contributed by atoms with Gasteiger partial charge in [0.1, 0.15) is 0 Å². The Bertz CT molecular complexity index is 402. The summed E-state index contributed by atoms with van der Waals surface area (Å²) in [5.74, 6) is 1.01. The lowest BCUT2D eigenvalue weighted by Crippen LogP contribution is -2.28. The van der Waals surface area contributed by atoms with E-state index in [4.69, 9.17) is 4.74 Å². The van der Waals surface area contributed by atoms with Crippen molar-refractivity contribution in [2.24, 2.45) is 0 Å². The fourth-order valence-corrected chi connectivity index (χ4v) is 2.87. The third-order valence-electron chi connectivity index (χ3n) is 4.08. The van der Waals surface area contributed by atoms with E-state index in [1.807, 2.05) is 12.4 Å². The van der Waals surface area contributed by atoms with Crippen molar-refractivity contribution in [2.45, 2.75) is 44.3 Å². The molecule has 1 N–H and O–H groups in total. The Morgan fingerprint density at radius 1 is 1.42 bits per heavy atom. The minimum absolute atomic E-state index is 0.559. The van der Waals surface area contributed by atoms with Crippen LogP contribution in [0.15, 0.2) is 12.4 Å². The first-order chi connectivity index (χ1) is 9.36.